The molecule has 10 nitrogen and oxygen atoms in total. The molecule has 11 heteroatoms. The van der Waals surface area contributed by atoms with Crippen LogP contribution in [0.1, 0.15) is 19.8 Å². The molecule has 3 atom stereocenters. The number of aromatic nitrogens is 5. The Morgan fingerprint density at radius 1 is 1.26 bits per heavy atom. The van der Waals surface area contributed by atoms with Crippen molar-refractivity contribution in [3.8, 4) is 5.82 Å². The maximum absolute atomic E-state index is 7.10. The molecule has 164 valence electrons. The summed E-state index contributed by atoms with van der Waals surface area (Å²) in [5, 5.41) is 13.0. The summed E-state index contributed by atoms with van der Waals surface area (Å²) >= 11 is 7.10. The van der Waals surface area contributed by atoms with Crippen molar-refractivity contribution >= 4 is 40.0 Å². The minimum Gasteiger partial charge on any atom is -0.382 e. The highest BCUT2D eigenvalue weighted by Crippen LogP contribution is 2.45. The highest BCUT2D eigenvalue weighted by Gasteiger charge is 2.37. The van der Waals surface area contributed by atoms with Crippen molar-refractivity contribution in [3.63, 3.8) is 0 Å². The lowest BCUT2D eigenvalue weighted by atomic mass is 10.1. The van der Waals surface area contributed by atoms with Crippen LogP contribution in [0.25, 0.3) is 16.9 Å². The molecule has 3 aromatic rings. The van der Waals surface area contributed by atoms with Crippen LogP contribution in [-0.4, -0.2) is 76.1 Å². The highest BCUT2D eigenvalue weighted by molar-refractivity contribution is 6.37. The van der Waals surface area contributed by atoms with Gasteiger partial charge >= 0.3 is 0 Å². The topological polar surface area (TPSA) is 110 Å². The molecular weight excluding hydrogens is 420 g/mol. The fourth-order valence-corrected chi connectivity index (χ4v) is 5.35. The number of nitrogens with zero attached hydrogens (tertiary/aromatic N) is 6. The average molecular weight is 445 g/mol. The summed E-state index contributed by atoms with van der Waals surface area (Å²) in [6.45, 7) is 5.68. The van der Waals surface area contributed by atoms with E-state index in [4.69, 9.17) is 31.8 Å². The molecule has 3 unspecified atom stereocenters. The lowest BCUT2D eigenvalue weighted by molar-refractivity contribution is 0.0306. The number of nitrogen functional groups attached to an aromatic ring is 1. The van der Waals surface area contributed by atoms with Crippen molar-refractivity contribution in [2.24, 2.45) is 0 Å². The number of anilines is 3. The normalized spacial score (nSPS) is 26.2. The molecule has 3 fully saturated rings. The van der Waals surface area contributed by atoms with E-state index >= 15 is 0 Å². The predicted octanol–water partition coefficient (Wildman–Crippen LogP) is 1.97. The van der Waals surface area contributed by atoms with Crippen LogP contribution in [0.3, 0.4) is 0 Å². The Labute approximate surface area is 184 Å². The third-order valence-electron chi connectivity index (χ3n) is 6.45. The summed E-state index contributed by atoms with van der Waals surface area (Å²) in [6.07, 6.45) is 4.26. The van der Waals surface area contributed by atoms with Gasteiger partial charge in [0.15, 0.2) is 23.1 Å². The van der Waals surface area contributed by atoms with Gasteiger partial charge in [-0.2, -0.15) is 9.78 Å². The first-order valence-corrected chi connectivity index (χ1v) is 11.1. The Kier molecular flexibility index (Phi) is 4.48. The Morgan fingerprint density at radius 3 is 2.77 bits per heavy atom. The highest BCUT2D eigenvalue weighted by atomic mass is 35.5. The number of nitrogens with two attached hydrogens (primary N) is 1. The number of nitrogens with one attached hydrogen (secondary N) is 1. The number of hydrogen-bond acceptors (Lipinski definition) is 8. The molecule has 3 aromatic heterocycles. The molecule has 0 saturated carbocycles. The molecule has 3 aliphatic rings. The van der Waals surface area contributed by atoms with Gasteiger partial charge in [0.05, 0.1) is 48.7 Å². The number of pyridine rings is 1. The quantitative estimate of drug-likeness (QED) is 0.630. The van der Waals surface area contributed by atoms with Gasteiger partial charge in [0.25, 0.3) is 0 Å². The van der Waals surface area contributed by atoms with E-state index < -0.39 is 0 Å². The SMILES string of the molecule is CC1COCCN1c1nc2c(c(N)nn2-c2ccn[nH]2)c(N2CC3CCC(C2)O3)c1Cl. The lowest BCUT2D eigenvalue weighted by Crippen LogP contribution is -2.45. The molecule has 0 radical (unpaired) electrons. The molecular formula is C20H25ClN8O2. The van der Waals surface area contributed by atoms with Gasteiger partial charge in [-0.15, -0.1) is 5.10 Å². The fraction of sp³-hybridized carbons (Fsp3) is 0.550. The minimum atomic E-state index is 0.158. The summed E-state index contributed by atoms with van der Waals surface area (Å²) in [7, 11) is 0. The molecule has 3 saturated heterocycles. The van der Waals surface area contributed by atoms with E-state index in [0.717, 1.165) is 49.4 Å². The van der Waals surface area contributed by atoms with Crippen LogP contribution in [0, 0.1) is 0 Å². The van der Waals surface area contributed by atoms with E-state index in [1.54, 1.807) is 10.9 Å². The monoisotopic (exact) mass is 444 g/mol. The molecule has 6 heterocycles. The minimum absolute atomic E-state index is 0.158. The molecule has 3 N–H and O–H groups in total. The van der Waals surface area contributed by atoms with Gasteiger partial charge in [-0.3, -0.25) is 5.10 Å². The molecule has 0 aromatic carbocycles. The maximum Gasteiger partial charge on any atom is 0.171 e. The third-order valence-corrected chi connectivity index (χ3v) is 6.80. The number of ether oxygens (including phenoxy) is 2. The van der Waals surface area contributed by atoms with Crippen molar-refractivity contribution in [1.82, 2.24) is 25.0 Å². The van der Waals surface area contributed by atoms with Gasteiger partial charge in [-0.25, -0.2) is 4.98 Å². The predicted molar refractivity (Wildman–Crippen MR) is 118 cm³/mol. The largest absolute Gasteiger partial charge is 0.382 e. The fourth-order valence-electron chi connectivity index (χ4n) is 4.98. The van der Waals surface area contributed by atoms with Gasteiger partial charge < -0.3 is 25.0 Å². The van der Waals surface area contributed by atoms with Gasteiger partial charge in [0, 0.05) is 25.7 Å². The Hall–Kier alpha value is -2.56. The van der Waals surface area contributed by atoms with E-state index in [0.29, 0.717) is 35.5 Å². The molecule has 6 rings (SSSR count). The second-order valence-corrected chi connectivity index (χ2v) is 8.89. The number of fused-ring (bicyclic) bond motifs is 3. The molecule has 2 bridgehead atoms. The Morgan fingerprint density at radius 2 is 2.06 bits per heavy atom. The molecule has 31 heavy (non-hydrogen) atoms. The first-order chi connectivity index (χ1) is 15.1. The third kappa shape index (κ3) is 3.04. The average Bonchev–Trinajstić information content (AvgIpc) is 3.48. The van der Waals surface area contributed by atoms with Crippen LogP contribution in [0.2, 0.25) is 5.02 Å². The van der Waals surface area contributed by atoms with Crippen LogP contribution < -0.4 is 15.5 Å². The number of hydrogen-bond donors (Lipinski definition) is 2. The summed E-state index contributed by atoms with van der Waals surface area (Å²) < 4.78 is 13.4. The van der Waals surface area contributed by atoms with E-state index in [1.165, 1.54) is 0 Å². The standard InChI is InChI=1S/C20H25ClN8O2/c1-11-10-30-7-6-28(11)20-16(21)17(27-8-12-2-3-13(9-27)31-12)15-18(22)26-29(19(15)24-20)14-4-5-23-25-14/h4-5,11-13H,2-3,6-10H2,1H3,(H2,22,26)(H,23,25). The molecule has 3 aliphatic heterocycles. The number of morpholine rings is 2. The summed E-state index contributed by atoms with van der Waals surface area (Å²) in [6, 6.07) is 2.00. The van der Waals surface area contributed by atoms with Crippen molar-refractivity contribution in [2.75, 3.05) is 48.4 Å². The van der Waals surface area contributed by atoms with Crippen molar-refractivity contribution in [1.29, 1.82) is 0 Å². The smallest absolute Gasteiger partial charge is 0.171 e. The zero-order chi connectivity index (χ0) is 21.1. The molecule has 0 spiro atoms. The molecule has 0 aliphatic carbocycles. The lowest BCUT2D eigenvalue weighted by Gasteiger charge is -2.38. The van der Waals surface area contributed by atoms with E-state index in [9.17, 15) is 0 Å². The van der Waals surface area contributed by atoms with Crippen LogP contribution >= 0.6 is 11.6 Å². The molecule has 0 amide bonds. The zero-order valence-electron chi connectivity index (χ0n) is 17.3. The second kappa shape index (κ2) is 7.25. The zero-order valence-corrected chi connectivity index (χ0v) is 18.0. The second-order valence-electron chi connectivity index (χ2n) is 8.52. The number of halogens is 1. The Bertz CT molecular complexity index is 1100. The van der Waals surface area contributed by atoms with Gasteiger partial charge in [-0.05, 0) is 19.8 Å². The van der Waals surface area contributed by atoms with Crippen LogP contribution in [0.4, 0.5) is 17.3 Å². The van der Waals surface area contributed by atoms with Gasteiger partial charge in [-0.1, -0.05) is 11.6 Å². The van der Waals surface area contributed by atoms with Gasteiger partial charge in [0.2, 0.25) is 0 Å². The number of rotatable bonds is 3. The van der Waals surface area contributed by atoms with Crippen LogP contribution in [0.5, 0.6) is 0 Å². The van der Waals surface area contributed by atoms with Crippen molar-refractivity contribution < 1.29 is 9.47 Å². The van der Waals surface area contributed by atoms with Crippen molar-refractivity contribution in [2.45, 2.75) is 38.0 Å². The first kappa shape index (κ1) is 19.1. The first-order valence-electron chi connectivity index (χ1n) is 10.7. The van der Waals surface area contributed by atoms with Crippen LogP contribution in [-0.2, 0) is 9.47 Å². The number of aromatic amines is 1. The van der Waals surface area contributed by atoms with E-state index in [2.05, 4.69) is 32.0 Å². The summed E-state index contributed by atoms with van der Waals surface area (Å²) in [5.41, 5.74) is 8.00. The van der Waals surface area contributed by atoms with E-state index in [1.807, 2.05) is 6.07 Å². The van der Waals surface area contributed by atoms with Crippen molar-refractivity contribution in [3.05, 3.63) is 17.3 Å². The Balaban J connectivity index is 1.58. The van der Waals surface area contributed by atoms with Crippen LogP contribution in [0.15, 0.2) is 12.3 Å². The number of H-pyrrole nitrogens is 1. The van der Waals surface area contributed by atoms with Gasteiger partial charge in [0.1, 0.15) is 5.02 Å². The summed E-state index contributed by atoms with van der Waals surface area (Å²) in [4.78, 5) is 9.51. The van der Waals surface area contributed by atoms with E-state index in [-0.39, 0.29) is 18.2 Å². The maximum atomic E-state index is 7.10. The summed E-state index contributed by atoms with van der Waals surface area (Å²) in [5.74, 6) is 1.83.